The molecule has 1 aromatic heterocycles. The second-order valence-corrected chi connectivity index (χ2v) is 7.61. The Morgan fingerprint density at radius 1 is 0.879 bits per heavy atom. The zero-order chi connectivity index (χ0) is 22.6. The first-order valence-electron chi connectivity index (χ1n) is 10.5. The number of nitrogens with one attached hydrogen (secondary N) is 1. The van der Waals surface area contributed by atoms with Crippen molar-refractivity contribution in [2.75, 3.05) is 0 Å². The van der Waals surface area contributed by atoms with Crippen molar-refractivity contribution in [2.24, 2.45) is 0 Å². The first kappa shape index (κ1) is 20.5. The van der Waals surface area contributed by atoms with Crippen LogP contribution in [0.15, 0.2) is 102 Å². The monoisotopic (exact) mass is 436 g/mol. The first-order chi connectivity index (χ1) is 16.2. The fourth-order valence-electron chi connectivity index (χ4n) is 3.92. The Bertz CT molecular complexity index is 1390. The number of nitro groups is 1. The smallest absolute Gasteiger partial charge is 0.269 e. The molecule has 0 aliphatic heterocycles. The molecule has 0 saturated heterocycles. The molecular formula is C26H20N4O3. The maximum atomic E-state index is 10.9. The largest absolute Gasteiger partial charge is 0.338 e. The highest BCUT2D eigenvalue weighted by Crippen LogP contribution is 2.29. The Labute approximate surface area is 189 Å². The summed E-state index contributed by atoms with van der Waals surface area (Å²) in [6.45, 7) is 0.364. The van der Waals surface area contributed by atoms with E-state index in [0.717, 1.165) is 11.1 Å². The molecule has 0 aliphatic carbocycles. The highest BCUT2D eigenvalue weighted by atomic mass is 16.6. The SMILES string of the molecule is O=[N+]([O-])c1ccc(-c2noc(CNC(c3ccccc3)c3cccc4ccccc34)n2)cc1. The number of benzene rings is 4. The van der Waals surface area contributed by atoms with Gasteiger partial charge in [-0.25, -0.2) is 0 Å². The Hall–Kier alpha value is -4.36. The minimum Gasteiger partial charge on any atom is -0.338 e. The molecule has 162 valence electrons. The average Bonchev–Trinajstić information content (AvgIpc) is 3.34. The fraction of sp³-hybridized carbons (Fsp3) is 0.0769. The van der Waals surface area contributed by atoms with E-state index in [-0.39, 0.29) is 11.7 Å². The van der Waals surface area contributed by atoms with Crippen molar-refractivity contribution in [2.45, 2.75) is 12.6 Å². The molecule has 5 rings (SSSR count). The number of fused-ring (bicyclic) bond motifs is 1. The molecule has 1 unspecified atom stereocenters. The van der Waals surface area contributed by atoms with E-state index in [0.29, 0.717) is 23.8 Å². The molecule has 7 nitrogen and oxygen atoms in total. The van der Waals surface area contributed by atoms with Crippen LogP contribution in [-0.2, 0) is 6.54 Å². The molecule has 0 aliphatic rings. The van der Waals surface area contributed by atoms with Crippen LogP contribution in [0.25, 0.3) is 22.2 Å². The van der Waals surface area contributed by atoms with Crippen LogP contribution in [0.5, 0.6) is 0 Å². The van der Waals surface area contributed by atoms with Gasteiger partial charge in [0.05, 0.1) is 17.5 Å². The van der Waals surface area contributed by atoms with Gasteiger partial charge in [0.1, 0.15) is 0 Å². The lowest BCUT2D eigenvalue weighted by molar-refractivity contribution is -0.384. The quantitative estimate of drug-likeness (QED) is 0.261. The third-order valence-electron chi connectivity index (χ3n) is 5.53. The van der Waals surface area contributed by atoms with E-state index >= 15 is 0 Å². The standard InChI is InChI=1S/C26H20N4O3/c31-30(32)21-15-13-20(14-16-21)26-28-24(33-29-26)17-27-25(19-8-2-1-3-9-19)23-12-6-10-18-7-4-5-11-22(18)23/h1-16,25,27H,17H2. The summed E-state index contributed by atoms with van der Waals surface area (Å²) >= 11 is 0. The van der Waals surface area contributed by atoms with E-state index in [1.807, 2.05) is 30.3 Å². The lowest BCUT2D eigenvalue weighted by atomic mass is 9.93. The minimum atomic E-state index is -0.438. The fourth-order valence-corrected chi connectivity index (χ4v) is 3.92. The van der Waals surface area contributed by atoms with Gasteiger partial charge >= 0.3 is 0 Å². The van der Waals surface area contributed by atoms with Crippen LogP contribution in [0, 0.1) is 10.1 Å². The second kappa shape index (κ2) is 9.02. The van der Waals surface area contributed by atoms with Gasteiger partial charge in [-0.15, -0.1) is 0 Å². The molecule has 33 heavy (non-hydrogen) atoms. The normalized spacial score (nSPS) is 12.0. The van der Waals surface area contributed by atoms with Crippen LogP contribution in [0.1, 0.15) is 23.1 Å². The summed E-state index contributed by atoms with van der Waals surface area (Å²) in [6, 6.07) is 30.8. The van der Waals surface area contributed by atoms with E-state index in [1.54, 1.807) is 12.1 Å². The van der Waals surface area contributed by atoms with Gasteiger partial charge in [-0.1, -0.05) is 78.0 Å². The van der Waals surface area contributed by atoms with E-state index in [2.05, 4.69) is 57.9 Å². The molecule has 1 atom stereocenters. The van der Waals surface area contributed by atoms with Crippen molar-refractivity contribution < 1.29 is 9.45 Å². The van der Waals surface area contributed by atoms with E-state index in [1.165, 1.54) is 22.9 Å². The number of hydrogen-bond acceptors (Lipinski definition) is 6. The number of rotatable bonds is 7. The zero-order valence-corrected chi connectivity index (χ0v) is 17.6. The predicted molar refractivity (Wildman–Crippen MR) is 125 cm³/mol. The number of aromatic nitrogens is 2. The molecule has 5 aromatic rings. The average molecular weight is 436 g/mol. The number of nitrogens with zero attached hydrogens (tertiary/aromatic N) is 3. The van der Waals surface area contributed by atoms with Gasteiger partial charge in [-0.05, 0) is 34.0 Å². The number of nitro benzene ring substituents is 1. The van der Waals surface area contributed by atoms with Crippen molar-refractivity contribution >= 4 is 16.5 Å². The summed E-state index contributed by atoms with van der Waals surface area (Å²) in [5.74, 6) is 0.827. The summed E-state index contributed by atoms with van der Waals surface area (Å²) in [6.07, 6.45) is 0. The van der Waals surface area contributed by atoms with Crippen molar-refractivity contribution in [1.29, 1.82) is 0 Å². The highest BCUT2D eigenvalue weighted by Gasteiger charge is 2.18. The maximum absolute atomic E-state index is 10.9. The third kappa shape index (κ3) is 4.35. The second-order valence-electron chi connectivity index (χ2n) is 7.61. The zero-order valence-electron chi connectivity index (χ0n) is 17.6. The van der Waals surface area contributed by atoms with Gasteiger partial charge in [-0.3, -0.25) is 15.4 Å². The molecule has 0 bridgehead atoms. The predicted octanol–water partition coefficient (Wildman–Crippen LogP) is 5.68. The molecule has 0 spiro atoms. The number of hydrogen-bond donors (Lipinski definition) is 1. The van der Waals surface area contributed by atoms with Crippen molar-refractivity contribution in [3.8, 4) is 11.4 Å². The van der Waals surface area contributed by atoms with Gasteiger partial charge in [0, 0.05) is 17.7 Å². The van der Waals surface area contributed by atoms with Gasteiger partial charge in [0.2, 0.25) is 11.7 Å². The molecule has 4 aromatic carbocycles. The Kier molecular flexibility index (Phi) is 5.61. The highest BCUT2D eigenvalue weighted by molar-refractivity contribution is 5.86. The van der Waals surface area contributed by atoms with E-state index in [9.17, 15) is 10.1 Å². The minimum absolute atomic E-state index is 0.0184. The molecular weight excluding hydrogens is 416 g/mol. The lowest BCUT2D eigenvalue weighted by Gasteiger charge is -2.21. The lowest BCUT2D eigenvalue weighted by Crippen LogP contribution is -2.22. The summed E-state index contributed by atoms with van der Waals surface area (Å²) in [5, 5.41) is 20.8. The Morgan fingerprint density at radius 2 is 1.61 bits per heavy atom. The molecule has 0 saturated carbocycles. The summed E-state index contributed by atoms with van der Waals surface area (Å²) in [7, 11) is 0. The summed E-state index contributed by atoms with van der Waals surface area (Å²) in [5.41, 5.74) is 2.97. The molecule has 1 N–H and O–H groups in total. The van der Waals surface area contributed by atoms with Gasteiger partial charge < -0.3 is 4.52 Å². The van der Waals surface area contributed by atoms with Crippen LogP contribution in [0.2, 0.25) is 0 Å². The van der Waals surface area contributed by atoms with E-state index < -0.39 is 4.92 Å². The van der Waals surface area contributed by atoms with Gasteiger partial charge in [0.15, 0.2) is 0 Å². The van der Waals surface area contributed by atoms with Crippen LogP contribution < -0.4 is 5.32 Å². The first-order valence-corrected chi connectivity index (χ1v) is 10.5. The van der Waals surface area contributed by atoms with Gasteiger partial charge in [0.25, 0.3) is 5.69 Å². The summed E-state index contributed by atoms with van der Waals surface area (Å²) < 4.78 is 5.45. The topological polar surface area (TPSA) is 94.1 Å². The molecule has 0 amide bonds. The molecule has 0 fully saturated rings. The van der Waals surface area contributed by atoms with Crippen molar-refractivity contribution in [1.82, 2.24) is 15.5 Å². The van der Waals surface area contributed by atoms with E-state index in [4.69, 9.17) is 4.52 Å². The van der Waals surface area contributed by atoms with Crippen LogP contribution >= 0.6 is 0 Å². The number of non-ortho nitro benzene ring substituents is 1. The van der Waals surface area contributed by atoms with Crippen molar-refractivity contribution in [3.05, 3.63) is 124 Å². The van der Waals surface area contributed by atoms with Gasteiger partial charge in [-0.2, -0.15) is 4.98 Å². The molecule has 7 heteroatoms. The van der Waals surface area contributed by atoms with Crippen LogP contribution in [0.3, 0.4) is 0 Å². The van der Waals surface area contributed by atoms with Crippen LogP contribution in [-0.4, -0.2) is 15.1 Å². The summed E-state index contributed by atoms with van der Waals surface area (Å²) in [4.78, 5) is 14.9. The third-order valence-corrected chi connectivity index (χ3v) is 5.53. The van der Waals surface area contributed by atoms with Crippen LogP contribution in [0.4, 0.5) is 5.69 Å². The molecule has 1 heterocycles. The Balaban J connectivity index is 1.41. The maximum Gasteiger partial charge on any atom is 0.269 e. The molecule has 0 radical (unpaired) electrons. The van der Waals surface area contributed by atoms with Crippen molar-refractivity contribution in [3.63, 3.8) is 0 Å². The Morgan fingerprint density at radius 3 is 2.39 bits per heavy atom.